The number of nitrogens with one attached hydrogen (secondary N) is 2. The fraction of sp³-hybridized carbons (Fsp3) is 0.273. The largest absolute Gasteiger partial charge is 0.497 e. The van der Waals surface area contributed by atoms with Crippen molar-refractivity contribution in [2.24, 2.45) is 5.73 Å². The second-order valence-corrected chi connectivity index (χ2v) is 7.70. The Bertz CT molecular complexity index is 1020. The predicted molar refractivity (Wildman–Crippen MR) is 117 cm³/mol. The first kappa shape index (κ1) is 20.3. The maximum absolute atomic E-state index is 12.5. The highest BCUT2D eigenvalue weighted by molar-refractivity contribution is 6.04. The number of ether oxygens (including phenoxy) is 1. The molecule has 3 rings (SSSR count). The predicted octanol–water partition coefficient (Wildman–Crippen LogP) is 4.20. The average Bonchev–Trinajstić information content (AvgIpc) is 3.08. The molecule has 4 N–H and O–H groups in total. The third kappa shape index (κ3) is 4.18. The summed E-state index contributed by atoms with van der Waals surface area (Å²) < 4.78 is 7.10. The Kier molecular flexibility index (Phi) is 5.50. The number of anilines is 3. The number of carbonyl (C=O) groups excluding carboxylic acids is 1. The molecule has 3 aromatic rings. The average molecular weight is 393 g/mol. The number of hydrogen-bond acceptors (Lipinski definition) is 5. The van der Waals surface area contributed by atoms with E-state index in [0.29, 0.717) is 22.8 Å². The summed E-state index contributed by atoms with van der Waals surface area (Å²) >= 11 is 0. The first-order valence-corrected chi connectivity index (χ1v) is 9.37. The molecular weight excluding hydrogens is 366 g/mol. The quantitative estimate of drug-likeness (QED) is 0.583. The van der Waals surface area contributed by atoms with E-state index in [-0.39, 0.29) is 5.54 Å². The Labute approximate surface area is 170 Å². The van der Waals surface area contributed by atoms with E-state index < -0.39 is 5.91 Å². The van der Waals surface area contributed by atoms with Crippen LogP contribution in [-0.4, -0.2) is 29.8 Å². The Morgan fingerprint density at radius 2 is 1.79 bits per heavy atom. The monoisotopic (exact) mass is 393 g/mol. The Hall–Kier alpha value is -3.48. The van der Waals surface area contributed by atoms with E-state index >= 15 is 0 Å². The summed E-state index contributed by atoms with van der Waals surface area (Å²) in [6, 6.07) is 15.2. The molecule has 0 saturated carbocycles. The number of nitrogens with zero attached hydrogens (tertiary/aromatic N) is 2. The number of methoxy groups -OCH3 is 1. The van der Waals surface area contributed by atoms with Crippen LogP contribution >= 0.6 is 0 Å². The molecule has 1 heterocycles. The van der Waals surface area contributed by atoms with E-state index in [4.69, 9.17) is 15.6 Å². The van der Waals surface area contributed by atoms with Crippen LogP contribution in [0.2, 0.25) is 0 Å². The van der Waals surface area contributed by atoms with Gasteiger partial charge in [0.15, 0.2) is 0 Å². The van der Waals surface area contributed by atoms with E-state index in [9.17, 15) is 4.79 Å². The number of carbonyl (C=O) groups is 1. The number of amides is 1. The molecule has 1 amide bonds. The van der Waals surface area contributed by atoms with Crippen LogP contribution in [0.25, 0.3) is 11.3 Å². The molecule has 0 spiro atoms. The highest BCUT2D eigenvalue weighted by Crippen LogP contribution is 2.35. The van der Waals surface area contributed by atoms with Gasteiger partial charge in [0.2, 0.25) is 0 Å². The molecule has 2 aromatic carbocycles. The summed E-state index contributed by atoms with van der Waals surface area (Å²) in [6.45, 7) is 6.07. The van der Waals surface area contributed by atoms with Gasteiger partial charge >= 0.3 is 0 Å². The van der Waals surface area contributed by atoms with Gasteiger partial charge in [-0.05, 0) is 45.0 Å². The second-order valence-electron chi connectivity index (χ2n) is 7.70. The van der Waals surface area contributed by atoms with Gasteiger partial charge < -0.3 is 21.1 Å². The lowest BCUT2D eigenvalue weighted by molar-refractivity contribution is 0.100. The van der Waals surface area contributed by atoms with E-state index in [2.05, 4.69) is 10.6 Å². The van der Waals surface area contributed by atoms with Crippen molar-refractivity contribution < 1.29 is 9.53 Å². The van der Waals surface area contributed by atoms with Crippen molar-refractivity contribution >= 4 is 23.1 Å². The zero-order valence-corrected chi connectivity index (χ0v) is 17.4. The molecule has 0 radical (unpaired) electrons. The smallest absolute Gasteiger partial charge is 0.254 e. The maximum Gasteiger partial charge on any atom is 0.254 e. The Morgan fingerprint density at radius 3 is 2.34 bits per heavy atom. The Balaban J connectivity index is 2.19. The van der Waals surface area contributed by atoms with Crippen LogP contribution < -0.4 is 21.1 Å². The fourth-order valence-electron chi connectivity index (χ4n) is 3.09. The van der Waals surface area contributed by atoms with Crippen molar-refractivity contribution in [1.29, 1.82) is 0 Å². The van der Waals surface area contributed by atoms with Gasteiger partial charge in [-0.2, -0.15) is 5.10 Å². The van der Waals surface area contributed by atoms with Crippen molar-refractivity contribution in [3.63, 3.8) is 0 Å². The van der Waals surface area contributed by atoms with Crippen molar-refractivity contribution in [1.82, 2.24) is 9.78 Å². The summed E-state index contributed by atoms with van der Waals surface area (Å²) in [5, 5.41) is 11.2. The van der Waals surface area contributed by atoms with Gasteiger partial charge in [-0.1, -0.05) is 18.2 Å². The van der Waals surface area contributed by atoms with Gasteiger partial charge in [0.25, 0.3) is 5.91 Å². The molecule has 0 atom stereocenters. The van der Waals surface area contributed by atoms with Crippen LogP contribution in [0.1, 0.15) is 31.1 Å². The second kappa shape index (κ2) is 7.87. The van der Waals surface area contributed by atoms with Crippen LogP contribution in [0.15, 0.2) is 48.5 Å². The first-order chi connectivity index (χ1) is 13.7. The standard InChI is InChI=1S/C22H27N5O2/c1-22(2,3)27-21(25-16-7-6-8-17(13-16)29-5)18(20(23)28)19(26-27)14-9-11-15(24-4)12-10-14/h6-13,24-25H,1-5H3,(H2,23,28). The summed E-state index contributed by atoms with van der Waals surface area (Å²) in [5.41, 5.74) is 8.87. The molecule has 0 aliphatic carbocycles. The maximum atomic E-state index is 12.5. The SMILES string of the molecule is CNc1ccc(-c2nn(C(C)(C)C)c(Nc3cccc(OC)c3)c2C(N)=O)cc1. The summed E-state index contributed by atoms with van der Waals surface area (Å²) in [6.07, 6.45) is 0. The molecule has 0 aliphatic heterocycles. The molecule has 29 heavy (non-hydrogen) atoms. The normalized spacial score (nSPS) is 11.2. The molecule has 7 heteroatoms. The zero-order chi connectivity index (χ0) is 21.2. The lowest BCUT2D eigenvalue weighted by Gasteiger charge is -2.23. The number of benzene rings is 2. The highest BCUT2D eigenvalue weighted by atomic mass is 16.5. The number of aromatic nitrogens is 2. The van der Waals surface area contributed by atoms with E-state index in [1.165, 1.54) is 0 Å². The van der Waals surface area contributed by atoms with Gasteiger partial charge in [-0.3, -0.25) is 4.79 Å². The van der Waals surface area contributed by atoms with Crippen LogP contribution in [0.5, 0.6) is 5.75 Å². The minimum Gasteiger partial charge on any atom is -0.497 e. The molecular formula is C22H27N5O2. The lowest BCUT2D eigenvalue weighted by Crippen LogP contribution is -2.25. The van der Waals surface area contributed by atoms with Crippen LogP contribution in [0.4, 0.5) is 17.2 Å². The minimum atomic E-state index is -0.543. The number of hydrogen-bond donors (Lipinski definition) is 3. The lowest BCUT2D eigenvalue weighted by atomic mass is 10.1. The van der Waals surface area contributed by atoms with Crippen LogP contribution in [0.3, 0.4) is 0 Å². The third-order valence-corrected chi connectivity index (χ3v) is 4.55. The molecule has 7 nitrogen and oxygen atoms in total. The molecule has 0 aliphatic rings. The fourth-order valence-corrected chi connectivity index (χ4v) is 3.09. The number of nitrogens with two attached hydrogens (primary N) is 1. The van der Waals surface area contributed by atoms with Gasteiger partial charge in [0.1, 0.15) is 22.8 Å². The van der Waals surface area contributed by atoms with E-state index in [0.717, 1.165) is 16.9 Å². The number of primary amides is 1. The molecule has 0 bridgehead atoms. The molecule has 0 saturated heterocycles. The van der Waals surface area contributed by atoms with Crippen molar-refractivity contribution in [3.8, 4) is 17.0 Å². The molecule has 0 fully saturated rings. The van der Waals surface area contributed by atoms with Gasteiger partial charge in [-0.15, -0.1) is 0 Å². The third-order valence-electron chi connectivity index (χ3n) is 4.55. The summed E-state index contributed by atoms with van der Waals surface area (Å²) in [5.74, 6) is 0.713. The van der Waals surface area contributed by atoms with Crippen molar-refractivity contribution in [3.05, 3.63) is 54.1 Å². The molecule has 152 valence electrons. The van der Waals surface area contributed by atoms with Gasteiger partial charge in [0, 0.05) is 30.1 Å². The van der Waals surface area contributed by atoms with E-state index in [1.807, 2.05) is 76.3 Å². The summed E-state index contributed by atoms with van der Waals surface area (Å²) in [4.78, 5) is 12.5. The number of rotatable bonds is 6. The van der Waals surface area contributed by atoms with Crippen molar-refractivity contribution in [2.75, 3.05) is 24.8 Å². The van der Waals surface area contributed by atoms with Crippen molar-refractivity contribution in [2.45, 2.75) is 26.3 Å². The van der Waals surface area contributed by atoms with E-state index in [1.54, 1.807) is 11.8 Å². The van der Waals surface area contributed by atoms with Gasteiger partial charge in [-0.25, -0.2) is 4.68 Å². The van der Waals surface area contributed by atoms with Gasteiger partial charge in [0.05, 0.1) is 12.6 Å². The topological polar surface area (TPSA) is 94.2 Å². The molecule has 1 aromatic heterocycles. The minimum absolute atomic E-state index is 0.347. The Morgan fingerprint density at radius 1 is 1.10 bits per heavy atom. The summed E-state index contributed by atoms with van der Waals surface area (Å²) in [7, 11) is 3.47. The van der Waals surface area contributed by atoms with Crippen LogP contribution in [-0.2, 0) is 5.54 Å². The highest BCUT2D eigenvalue weighted by Gasteiger charge is 2.28. The zero-order valence-electron chi connectivity index (χ0n) is 17.4. The molecule has 0 unspecified atom stereocenters. The van der Waals surface area contributed by atoms with Crippen LogP contribution in [0, 0.1) is 0 Å². The first-order valence-electron chi connectivity index (χ1n) is 9.37.